The summed E-state index contributed by atoms with van der Waals surface area (Å²) in [6, 6.07) is 7.52. The number of hydrogen-bond donors (Lipinski definition) is 2. The lowest BCUT2D eigenvalue weighted by atomic mass is 10.2. The highest BCUT2D eigenvalue weighted by Gasteiger charge is 2.02. The fraction of sp³-hybridized carbons (Fsp3) is 0.500. The predicted octanol–water partition coefficient (Wildman–Crippen LogP) is 2.45. The smallest absolute Gasteiger partial charge is 0.191 e. The average molecular weight is 460 g/mol. The van der Waals surface area contributed by atoms with E-state index in [1.54, 1.807) is 0 Å². The number of aliphatic imine (C=N–C) groups is 1. The Morgan fingerprint density at radius 2 is 1.86 bits per heavy atom. The quantitative estimate of drug-likeness (QED) is 0.284. The SMILES string of the molecule is CCNC(=NCc1ccc(Cl)cc1)NCCCS(C)(=O)=O.I. The number of sulfone groups is 1. The molecule has 126 valence electrons. The van der Waals surface area contributed by atoms with Crippen molar-refractivity contribution in [2.24, 2.45) is 4.99 Å². The molecule has 0 aliphatic rings. The third-order valence-electron chi connectivity index (χ3n) is 2.66. The van der Waals surface area contributed by atoms with Crippen molar-refractivity contribution in [2.75, 3.05) is 25.1 Å². The van der Waals surface area contributed by atoms with Crippen LogP contribution in [0.1, 0.15) is 18.9 Å². The van der Waals surface area contributed by atoms with Crippen molar-refractivity contribution in [2.45, 2.75) is 19.9 Å². The Hall–Kier alpha value is -0.540. The third-order valence-corrected chi connectivity index (χ3v) is 3.94. The van der Waals surface area contributed by atoms with Gasteiger partial charge in [-0.3, -0.25) is 0 Å². The maximum atomic E-state index is 11.1. The van der Waals surface area contributed by atoms with Gasteiger partial charge in [0, 0.05) is 24.4 Å². The zero-order valence-corrected chi connectivity index (χ0v) is 16.7. The highest BCUT2D eigenvalue weighted by atomic mass is 127. The minimum absolute atomic E-state index is 0. The number of halogens is 2. The molecule has 0 saturated carbocycles. The van der Waals surface area contributed by atoms with E-state index in [-0.39, 0.29) is 29.7 Å². The van der Waals surface area contributed by atoms with Crippen LogP contribution in [0.4, 0.5) is 0 Å². The number of hydrogen-bond acceptors (Lipinski definition) is 3. The molecule has 0 aromatic heterocycles. The van der Waals surface area contributed by atoms with Crippen molar-refractivity contribution in [1.82, 2.24) is 10.6 Å². The topological polar surface area (TPSA) is 70.6 Å². The summed E-state index contributed by atoms with van der Waals surface area (Å²) < 4.78 is 22.1. The van der Waals surface area contributed by atoms with E-state index in [9.17, 15) is 8.42 Å². The molecule has 0 saturated heterocycles. The van der Waals surface area contributed by atoms with E-state index in [0.717, 1.165) is 12.1 Å². The monoisotopic (exact) mass is 459 g/mol. The number of benzene rings is 1. The highest BCUT2D eigenvalue weighted by Crippen LogP contribution is 2.10. The molecule has 0 amide bonds. The van der Waals surface area contributed by atoms with Crippen LogP contribution in [0, 0.1) is 0 Å². The molecule has 1 aromatic rings. The molecule has 5 nitrogen and oxygen atoms in total. The molecule has 0 aliphatic heterocycles. The number of guanidine groups is 1. The molecule has 1 aromatic carbocycles. The second kappa shape index (κ2) is 11.1. The number of nitrogens with zero attached hydrogens (tertiary/aromatic N) is 1. The summed E-state index contributed by atoms with van der Waals surface area (Å²) in [6.45, 7) is 3.84. The molecule has 1 rings (SSSR count). The Bertz CT molecular complexity index is 562. The molecule has 0 fully saturated rings. The number of nitrogens with one attached hydrogen (secondary N) is 2. The summed E-state index contributed by atoms with van der Waals surface area (Å²) in [5.74, 6) is 0.859. The maximum absolute atomic E-state index is 11.1. The van der Waals surface area contributed by atoms with Crippen LogP contribution in [-0.2, 0) is 16.4 Å². The van der Waals surface area contributed by atoms with Crippen molar-refractivity contribution >= 4 is 51.4 Å². The summed E-state index contributed by atoms with van der Waals surface area (Å²) in [6.07, 6.45) is 1.80. The first-order chi connectivity index (χ1) is 9.90. The van der Waals surface area contributed by atoms with E-state index < -0.39 is 9.84 Å². The molecule has 2 N–H and O–H groups in total. The van der Waals surface area contributed by atoms with Crippen LogP contribution in [0.5, 0.6) is 0 Å². The molecule has 0 unspecified atom stereocenters. The first kappa shape index (κ1) is 21.5. The fourth-order valence-electron chi connectivity index (χ4n) is 1.64. The summed E-state index contributed by atoms with van der Waals surface area (Å²) >= 11 is 5.84. The molecular formula is C14H23ClIN3O2S. The van der Waals surface area contributed by atoms with Gasteiger partial charge in [-0.15, -0.1) is 24.0 Å². The van der Waals surface area contributed by atoms with Gasteiger partial charge in [0.05, 0.1) is 12.3 Å². The van der Waals surface area contributed by atoms with E-state index in [1.165, 1.54) is 6.26 Å². The summed E-state index contributed by atoms with van der Waals surface area (Å²) in [4.78, 5) is 4.45. The molecule has 8 heteroatoms. The molecular weight excluding hydrogens is 437 g/mol. The first-order valence-corrected chi connectivity index (χ1v) is 9.29. The maximum Gasteiger partial charge on any atom is 0.191 e. The Labute approximate surface area is 154 Å². The Morgan fingerprint density at radius 1 is 1.23 bits per heavy atom. The van der Waals surface area contributed by atoms with E-state index in [2.05, 4.69) is 15.6 Å². The Morgan fingerprint density at radius 3 is 2.41 bits per heavy atom. The van der Waals surface area contributed by atoms with Crippen LogP contribution in [0.3, 0.4) is 0 Å². The standard InChI is InChI=1S/C14H22ClN3O2S.HI/c1-3-16-14(17-9-4-10-21(2,19)20)18-11-12-5-7-13(15)8-6-12;/h5-8H,3-4,9-11H2,1-2H3,(H2,16,17,18);1H. The zero-order valence-electron chi connectivity index (χ0n) is 12.8. The Balaban J connectivity index is 0.00000441. The van der Waals surface area contributed by atoms with Gasteiger partial charge < -0.3 is 10.6 Å². The van der Waals surface area contributed by atoms with Crippen LogP contribution < -0.4 is 10.6 Å². The van der Waals surface area contributed by atoms with E-state index >= 15 is 0 Å². The molecule has 22 heavy (non-hydrogen) atoms. The molecule has 0 spiro atoms. The van der Waals surface area contributed by atoms with Gasteiger partial charge >= 0.3 is 0 Å². The van der Waals surface area contributed by atoms with E-state index in [1.807, 2.05) is 31.2 Å². The van der Waals surface area contributed by atoms with Crippen molar-refractivity contribution in [3.63, 3.8) is 0 Å². The van der Waals surface area contributed by atoms with Crippen molar-refractivity contribution < 1.29 is 8.42 Å². The zero-order chi connectivity index (χ0) is 15.7. The van der Waals surface area contributed by atoms with Crippen LogP contribution in [0.25, 0.3) is 0 Å². The molecule has 0 atom stereocenters. The second-order valence-corrected chi connectivity index (χ2v) is 7.43. The Kier molecular flexibility index (Phi) is 10.8. The van der Waals surface area contributed by atoms with Gasteiger partial charge in [0.25, 0.3) is 0 Å². The first-order valence-electron chi connectivity index (χ1n) is 6.85. The summed E-state index contributed by atoms with van der Waals surface area (Å²) in [5, 5.41) is 6.95. The largest absolute Gasteiger partial charge is 0.357 e. The van der Waals surface area contributed by atoms with Gasteiger partial charge in [-0.1, -0.05) is 23.7 Å². The molecule has 0 heterocycles. The second-order valence-electron chi connectivity index (χ2n) is 4.73. The summed E-state index contributed by atoms with van der Waals surface area (Å²) in [7, 11) is -2.91. The van der Waals surface area contributed by atoms with Crippen LogP contribution in [-0.4, -0.2) is 39.5 Å². The van der Waals surface area contributed by atoms with Crippen LogP contribution in [0.2, 0.25) is 5.02 Å². The van der Waals surface area contributed by atoms with Gasteiger partial charge in [0.2, 0.25) is 0 Å². The lowest BCUT2D eigenvalue weighted by Gasteiger charge is -2.11. The van der Waals surface area contributed by atoms with Gasteiger partial charge in [0.1, 0.15) is 9.84 Å². The van der Waals surface area contributed by atoms with E-state index in [0.29, 0.717) is 30.5 Å². The van der Waals surface area contributed by atoms with E-state index in [4.69, 9.17) is 11.6 Å². The minimum Gasteiger partial charge on any atom is -0.357 e. The molecule has 0 aliphatic carbocycles. The summed E-state index contributed by atoms with van der Waals surface area (Å²) in [5.41, 5.74) is 1.06. The van der Waals surface area contributed by atoms with Gasteiger partial charge in [0.15, 0.2) is 5.96 Å². The average Bonchev–Trinajstić information content (AvgIpc) is 2.41. The van der Waals surface area contributed by atoms with Crippen molar-refractivity contribution in [3.05, 3.63) is 34.9 Å². The van der Waals surface area contributed by atoms with Crippen molar-refractivity contribution in [1.29, 1.82) is 0 Å². The van der Waals surface area contributed by atoms with Crippen molar-refractivity contribution in [3.8, 4) is 0 Å². The molecule has 0 bridgehead atoms. The number of rotatable bonds is 7. The third kappa shape index (κ3) is 10.2. The van der Waals surface area contributed by atoms with Gasteiger partial charge in [-0.05, 0) is 31.0 Å². The lowest BCUT2D eigenvalue weighted by molar-refractivity contribution is 0.598. The normalized spacial score (nSPS) is 11.7. The highest BCUT2D eigenvalue weighted by molar-refractivity contribution is 14.0. The minimum atomic E-state index is -2.91. The lowest BCUT2D eigenvalue weighted by Crippen LogP contribution is -2.38. The van der Waals surface area contributed by atoms with Gasteiger partial charge in [-0.2, -0.15) is 0 Å². The van der Waals surface area contributed by atoms with Crippen LogP contribution >= 0.6 is 35.6 Å². The molecule has 0 radical (unpaired) electrons. The fourth-order valence-corrected chi connectivity index (χ4v) is 2.44. The predicted molar refractivity (Wildman–Crippen MR) is 104 cm³/mol. The van der Waals surface area contributed by atoms with Gasteiger partial charge in [-0.25, -0.2) is 13.4 Å². The van der Waals surface area contributed by atoms with Crippen LogP contribution in [0.15, 0.2) is 29.3 Å².